The quantitative estimate of drug-likeness (QED) is 0.797. The minimum atomic E-state index is -2.86. The number of anilines is 1. The first-order valence-corrected chi connectivity index (χ1v) is 6.85. The number of aromatic nitrogens is 2. The number of fused-ring (bicyclic) bond motifs is 1. The predicted molar refractivity (Wildman–Crippen MR) is 75.7 cm³/mol. The number of piperidine rings is 1. The van der Waals surface area contributed by atoms with Crippen LogP contribution in [0.5, 0.6) is 0 Å². The van der Waals surface area contributed by atoms with Crippen LogP contribution in [0.25, 0.3) is 10.9 Å². The van der Waals surface area contributed by atoms with Gasteiger partial charge in [0.05, 0.1) is 34.9 Å². The first-order valence-electron chi connectivity index (χ1n) is 6.47. The highest BCUT2D eigenvalue weighted by molar-refractivity contribution is 6.38. The summed E-state index contributed by atoms with van der Waals surface area (Å²) in [5.74, 6) is -4.12. The van der Waals surface area contributed by atoms with Crippen molar-refractivity contribution in [3.8, 4) is 0 Å². The van der Waals surface area contributed by atoms with E-state index >= 15 is 0 Å². The molecule has 112 valence electrons. The minimum Gasteiger partial charge on any atom is -0.324 e. The van der Waals surface area contributed by atoms with E-state index in [0.717, 1.165) is 5.52 Å². The van der Waals surface area contributed by atoms with Crippen molar-refractivity contribution in [3.05, 3.63) is 23.4 Å². The third-order valence-electron chi connectivity index (χ3n) is 3.51. The molecule has 1 aliphatic rings. The minimum absolute atomic E-state index is 0.229. The fraction of sp³-hybridized carbons (Fsp3) is 0.385. The van der Waals surface area contributed by atoms with Crippen LogP contribution in [0.1, 0.15) is 6.42 Å². The number of H-pyrrole nitrogens is 1. The topological polar surface area (TPSA) is 69.8 Å². The van der Waals surface area contributed by atoms with Crippen molar-refractivity contribution in [3.63, 3.8) is 0 Å². The lowest BCUT2D eigenvalue weighted by atomic mass is 9.96. The van der Waals surface area contributed by atoms with Crippen molar-refractivity contribution in [1.82, 2.24) is 15.5 Å². The van der Waals surface area contributed by atoms with Gasteiger partial charge in [0.15, 0.2) is 0 Å². The van der Waals surface area contributed by atoms with Crippen molar-refractivity contribution in [2.24, 2.45) is 5.92 Å². The largest absolute Gasteiger partial charge is 0.324 e. The van der Waals surface area contributed by atoms with Gasteiger partial charge < -0.3 is 10.6 Å². The molecule has 1 unspecified atom stereocenters. The molecular weight excluding hydrogens is 302 g/mol. The highest BCUT2D eigenvalue weighted by Crippen LogP contribution is 2.31. The second kappa shape index (κ2) is 5.23. The zero-order valence-electron chi connectivity index (χ0n) is 10.9. The van der Waals surface area contributed by atoms with Crippen LogP contribution in [0.15, 0.2) is 18.3 Å². The number of rotatable bonds is 2. The van der Waals surface area contributed by atoms with Gasteiger partial charge in [-0.1, -0.05) is 11.6 Å². The molecule has 1 amide bonds. The van der Waals surface area contributed by atoms with Gasteiger partial charge in [0, 0.05) is 18.4 Å². The molecule has 1 aromatic carbocycles. The first kappa shape index (κ1) is 14.2. The van der Waals surface area contributed by atoms with Crippen LogP contribution in [0, 0.1) is 5.92 Å². The maximum Gasteiger partial charge on any atom is 0.261 e. The Bertz CT molecular complexity index is 688. The van der Waals surface area contributed by atoms with Crippen molar-refractivity contribution < 1.29 is 13.6 Å². The number of benzene rings is 1. The summed E-state index contributed by atoms with van der Waals surface area (Å²) in [6, 6.07) is 3.34. The first-order chi connectivity index (χ1) is 9.96. The number of hydrogen-bond donors (Lipinski definition) is 3. The summed E-state index contributed by atoms with van der Waals surface area (Å²) >= 11 is 6.18. The summed E-state index contributed by atoms with van der Waals surface area (Å²) in [6.07, 6.45) is 1.08. The van der Waals surface area contributed by atoms with Crippen molar-refractivity contribution in [2.75, 3.05) is 18.4 Å². The molecule has 5 nitrogen and oxygen atoms in total. The summed E-state index contributed by atoms with van der Waals surface area (Å²) in [6.45, 7) is -0.161. The van der Waals surface area contributed by atoms with Crippen LogP contribution in [0.2, 0.25) is 5.02 Å². The number of amides is 1. The molecule has 2 heterocycles. The second-order valence-electron chi connectivity index (χ2n) is 5.14. The lowest BCUT2D eigenvalue weighted by Crippen LogP contribution is -2.47. The predicted octanol–water partition coefficient (Wildman–Crippen LogP) is 2.40. The Morgan fingerprint density at radius 3 is 3.05 bits per heavy atom. The van der Waals surface area contributed by atoms with Crippen molar-refractivity contribution in [2.45, 2.75) is 12.3 Å². The molecule has 21 heavy (non-hydrogen) atoms. The van der Waals surface area contributed by atoms with E-state index < -0.39 is 30.7 Å². The monoisotopic (exact) mass is 314 g/mol. The Balaban J connectivity index is 1.78. The number of carbonyl (C=O) groups excluding carboxylic acids is 1. The molecule has 3 N–H and O–H groups in total. The molecule has 0 radical (unpaired) electrons. The number of alkyl halides is 2. The van der Waals surface area contributed by atoms with Gasteiger partial charge in [0.1, 0.15) is 0 Å². The molecule has 1 saturated heterocycles. The Labute approximate surface area is 124 Å². The molecule has 8 heteroatoms. The van der Waals surface area contributed by atoms with Crippen LogP contribution in [-0.2, 0) is 4.79 Å². The fourth-order valence-corrected chi connectivity index (χ4v) is 2.69. The number of carbonyl (C=O) groups is 1. The third kappa shape index (κ3) is 2.84. The van der Waals surface area contributed by atoms with Crippen LogP contribution in [0.4, 0.5) is 14.5 Å². The maximum atomic E-state index is 13.3. The van der Waals surface area contributed by atoms with Crippen molar-refractivity contribution in [1.29, 1.82) is 0 Å². The van der Waals surface area contributed by atoms with Gasteiger partial charge in [-0.25, -0.2) is 8.78 Å². The SMILES string of the molecule is O=C(Nc1ccc2[nH]ncc2c1Cl)C1CNCC(F)(F)C1. The second-order valence-corrected chi connectivity index (χ2v) is 5.51. The van der Waals surface area contributed by atoms with Crippen LogP contribution >= 0.6 is 11.6 Å². The number of nitrogens with zero attached hydrogens (tertiary/aromatic N) is 1. The molecule has 0 saturated carbocycles. The van der Waals surface area contributed by atoms with Crippen LogP contribution < -0.4 is 10.6 Å². The normalized spacial score (nSPS) is 21.4. The van der Waals surface area contributed by atoms with Gasteiger partial charge in [-0.3, -0.25) is 9.89 Å². The summed E-state index contributed by atoms with van der Waals surface area (Å²) in [5.41, 5.74) is 1.13. The van der Waals surface area contributed by atoms with Gasteiger partial charge in [-0.15, -0.1) is 0 Å². The summed E-state index contributed by atoms with van der Waals surface area (Å²) in [7, 11) is 0. The van der Waals surface area contributed by atoms with E-state index in [9.17, 15) is 13.6 Å². The molecule has 0 spiro atoms. The summed E-state index contributed by atoms with van der Waals surface area (Å²) in [4.78, 5) is 12.1. The zero-order valence-corrected chi connectivity index (χ0v) is 11.7. The van der Waals surface area contributed by atoms with Crippen LogP contribution in [-0.4, -0.2) is 35.1 Å². The Morgan fingerprint density at radius 1 is 1.48 bits per heavy atom. The molecule has 0 bridgehead atoms. The highest BCUT2D eigenvalue weighted by atomic mass is 35.5. The van der Waals surface area contributed by atoms with Gasteiger partial charge in [-0.2, -0.15) is 5.10 Å². The summed E-state index contributed by atoms with van der Waals surface area (Å²) in [5, 5.41) is 12.8. The average molecular weight is 315 g/mol. The van der Waals surface area contributed by atoms with Crippen molar-refractivity contribution >= 4 is 34.1 Å². The number of halogens is 3. The van der Waals surface area contributed by atoms with E-state index in [1.165, 1.54) is 0 Å². The number of aromatic amines is 1. The smallest absolute Gasteiger partial charge is 0.261 e. The molecule has 0 aliphatic carbocycles. The Hall–Kier alpha value is -1.73. The average Bonchev–Trinajstić information content (AvgIpc) is 2.90. The molecule has 1 atom stereocenters. The van der Waals surface area contributed by atoms with E-state index in [1.807, 2.05) is 0 Å². The molecule has 2 aromatic rings. The zero-order chi connectivity index (χ0) is 15.0. The highest BCUT2D eigenvalue weighted by Gasteiger charge is 2.39. The van der Waals surface area contributed by atoms with Crippen LogP contribution in [0.3, 0.4) is 0 Å². The molecule has 1 aliphatic heterocycles. The van der Waals surface area contributed by atoms with Gasteiger partial charge in [0.2, 0.25) is 5.91 Å². The molecule has 1 aromatic heterocycles. The molecule has 1 fully saturated rings. The van der Waals surface area contributed by atoms with Gasteiger partial charge in [-0.05, 0) is 12.1 Å². The standard InChI is InChI=1S/C13H13ClF2N4O/c14-11-8-5-18-20-9(8)1-2-10(11)19-12(21)7-3-13(15,16)6-17-4-7/h1-2,5,7,17H,3-4,6H2,(H,18,20)(H,19,21). The lowest BCUT2D eigenvalue weighted by molar-refractivity contribution is -0.125. The van der Waals surface area contributed by atoms with E-state index in [1.54, 1.807) is 18.3 Å². The molecular formula is C13H13ClF2N4O. The lowest BCUT2D eigenvalue weighted by Gasteiger charge is -2.29. The summed E-state index contributed by atoms with van der Waals surface area (Å²) < 4.78 is 26.6. The van der Waals surface area contributed by atoms with Gasteiger partial charge in [0.25, 0.3) is 5.92 Å². The number of hydrogen-bond acceptors (Lipinski definition) is 3. The van der Waals surface area contributed by atoms with E-state index in [2.05, 4.69) is 20.8 Å². The maximum absolute atomic E-state index is 13.3. The van der Waals surface area contributed by atoms with E-state index in [0.29, 0.717) is 16.1 Å². The third-order valence-corrected chi connectivity index (χ3v) is 3.91. The fourth-order valence-electron chi connectivity index (χ4n) is 2.43. The Kier molecular flexibility index (Phi) is 3.54. The number of nitrogens with one attached hydrogen (secondary N) is 3. The van der Waals surface area contributed by atoms with E-state index in [-0.39, 0.29) is 6.54 Å². The van der Waals surface area contributed by atoms with Gasteiger partial charge >= 0.3 is 0 Å². The van der Waals surface area contributed by atoms with E-state index in [4.69, 9.17) is 11.6 Å². The molecule has 3 rings (SSSR count). The Morgan fingerprint density at radius 2 is 2.29 bits per heavy atom.